The minimum Gasteiger partial charge on any atom is -0.465 e. The molecule has 0 saturated carbocycles. The van der Waals surface area contributed by atoms with Crippen molar-refractivity contribution in [2.75, 3.05) is 19.7 Å². The summed E-state index contributed by atoms with van der Waals surface area (Å²) in [5, 5.41) is 3.05. The Labute approximate surface area is 80.8 Å². The largest absolute Gasteiger partial charge is 0.465 e. The van der Waals surface area contributed by atoms with Crippen molar-refractivity contribution in [1.82, 2.24) is 5.32 Å². The zero-order chi connectivity index (χ0) is 9.94. The van der Waals surface area contributed by atoms with E-state index in [1.54, 1.807) is 0 Å². The Morgan fingerprint density at radius 1 is 1.23 bits per heavy atom. The van der Waals surface area contributed by atoms with Crippen molar-refractivity contribution in [2.24, 2.45) is 0 Å². The number of ether oxygens (including phenoxy) is 1. The summed E-state index contributed by atoms with van der Waals surface area (Å²) in [5.41, 5.74) is 0. The first-order valence-electron chi connectivity index (χ1n) is 5.17. The number of carbonyl (C=O) groups excluding carboxylic acids is 1. The van der Waals surface area contributed by atoms with Gasteiger partial charge in [0.25, 0.3) is 0 Å². The van der Waals surface area contributed by atoms with Gasteiger partial charge < -0.3 is 10.1 Å². The summed E-state index contributed by atoms with van der Waals surface area (Å²) in [5.74, 6) is -0.155. The molecule has 0 atom stereocenters. The molecule has 0 spiro atoms. The van der Waals surface area contributed by atoms with Crippen LogP contribution in [-0.2, 0) is 9.53 Å². The molecule has 0 fully saturated rings. The number of carbonyl (C=O) groups is 1. The number of unbranched alkanes of at least 4 members (excludes halogenated alkanes) is 3. The predicted molar refractivity (Wildman–Crippen MR) is 53.6 cm³/mol. The van der Waals surface area contributed by atoms with Gasteiger partial charge in [-0.15, -0.1) is 0 Å². The highest BCUT2D eigenvalue weighted by Crippen LogP contribution is 1.96. The van der Waals surface area contributed by atoms with Crippen LogP contribution in [0.2, 0.25) is 0 Å². The maximum Gasteiger partial charge on any atom is 0.319 e. The van der Waals surface area contributed by atoms with Gasteiger partial charge in [0.15, 0.2) is 0 Å². The lowest BCUT2D eigenvalue weighted by Crippen LogP contribution is -2.25. The molecule has 13 heavy (non-hydrogen) atoms. The van der Waals surface area contributed by atoms with Crippen LogP contribution in [0.25, 0.3) is 0 Å². The normalized spacial score (nSPS) is 10.0. The summed E-state index contributed by atoms with van der Waals surface area (Å²) < 4.78 is 4.77. The Balaban J connectivity index is 3.02. The average Bonchev–Trinajstić information content (AvgIpc) is 2.11. The molecule has 0 bridgehead atoms. The fraction of sp³-hybridized carbons (Fsp3) is 0.900. The molecule has 0 unspecified atom stereocenters. The van der Waals surface area contributed by atoms with Crippen molar-refractivity contribution in [1.29, 1.82) is 0 Å². The van der Waals surface area contributed by atoms with E-state index >= 15 is 0 Å². The van der Waals surface area contributed by atoms with E-state index < -0.39 is 0 Å². The predicted octanol–water partition coefficient (Wildman–Crippen LogP) is 1.72. The third-order valence-corrected chi connectivity index (χ3v) is 1.78. The number of esters is 1. The van der Waals surface area contributed by atoms with E-state index in [2.05, 4.69) is 12.2 Å². The summed E-state index contributed by atoms with van der Waals surface area (Å²) in [7, 11) is 0. The van der Waals surface area contributed by atoms with Gasteiger partial charge in [0.2, 0.25) is 0 Å². The van der Waals surface area contributed by atoms with Crippen molar-refractivity contribution in [3.8, 4) is 0 Å². The van der Waals surface area contributed by atoms with Crippen LogP contribution in [-0.4, -0.2) is 25.7 Å². The number of rotatable bonds is 8. The van der Waals surface area contributed by atoms with Crippen LogP contribution in [0.3, 0.4) is 0 Å². The van der Waals surface area contributed by atoms with Gasteiger partial charge in [-0.2, -0.15) is 0 Å². The van der Waals surface area contributed by atoms with Gasteiger partial charge in [0.1, 0.15) is 0 Å². The Morgan fingerprint density at radius 2 is 2.00 bits per heavy atom. The van der Waals surface area contributed by atoms with Crippen molar-refractivity contribution >= 4 is 5.97 Å². The van der Waals surface area contributed by atoms with Crippen molar-refractivity contribution in [3.05, 3.63) is 0 Å². The molecule has 0 radical (unpaired) electrons. The zero-order valence-electron chi connectivity index (χ0n) is 8.77. The van der Waals surface area contributed by atoms with E-state index in [0.29, 0.717) is 13.2 Å². The quantitative estimate of drug-likeness (QED) is 0.464. The molecule has 3 nitrogen and oxygen atoms in total. The van der Waals surface area contributed by atoms with Crippen LogP contribution in [0.1, 0.15) is 39.5 Å². The van der Waals surface area contributed by atoms with Crippen molar-refractivity contribution in [3.63, 3.8) is 0 Å². The fourth-order valence-electron chi connectivity index (χ4n) is 1.08. The van der Waals surface area contributed by atoms with Crippen LogP contribution in [0.5, 0.6) is 0 Å². The first kappa shape index (κ1) is 12.4. The minimum atomic E-state index is -0.155. The Bertz CT molecular complexity index is 126. The van der Waals surface area contributed by atoms with Crippen LogP contribution in [0.4, 0.5) is 0 Å². The molecule has 0 heterocycles. The SMILES string of the molecule is CCCCCCNCC(=O)OCC. The highest BCUT2D eigenvalue weighted by molar-refractivity contribution is 5.71. The van der Waals surface area contributed by atoms with E-state index in [1.807, 2.05) is 6.92 Å². The first-order chi connectivity index (χ1) is 6.31. The molecule has 0 aliphatic carbocycles. The maximum absolute atomic E-state index is 10.8. The molecule has 0 aliphatic heterocycles. The second-order valence-corrected chi connectivity index (χ2v) is 3.04. The molecule has 78 valence electrons. The van der Waals surface area contributed by atoms with Crippen molar-refractivity contribution < 1.29 is 9.53 Å². The third kappa shape index (κ3) is 9.34. The lowest BCUT2D eigenvalue weighted by atomic mass is 10.2. The van der Waals surface area contributed by atoms with E-state index in [0.717, 1.165) is 13.0 Å². The molecular formula is C10H21NO2. The van der Waals surface area contributed by atoms with E-state index in [4.69, 9.17) is 4.74 Å². The highest BCUT2D eigenvalue weighted by Gasteiger charge is 1.98. The smallest absolute Gasteiger partial charge is 0.319 e. The number of hydrogen-bond donors (Lipinski definition) is 1. The zero-order valence-corrected chi connectivity index (χ0v) is 8.77. The second-order valence-electron chi connectivity index (χ2n) is 3.04. The molecule has 0 rings (SSSR count). The van der Waals surface area contributed by atoms with Crippen LogP contribution < -0.4 is 5.32 Å². The molecule has 0 saturated heterocycles. The summed E-state index contributed by atoms with van der Waals surface area (Å²) >= 11 is 0. The van der Waals surface area contributed by atoms with Gasteiger partial charge in [-0.25, -0.2) is 0 Å². The Hall–Kier alpha value is -0.570. The standard InChI is InChI=1S/C10H21NO2/c1-3-5-6-7-8-11-9-10(12)13-4-2/h11H,3-9H2,1-2H3. The molecule has 0 aromatic heterocycles. The summed E-state index contributed by atoms with van der Waals surface area (Å²) in [4.78, 5) is 10.8. The third-order valence-electron chi connectivity index (χ3n) is 1.78. The summed E-state index contributed by atoms with van der Waals surface area (Å²) in [6.07, 6.45) is 4.92. The van der Waals surface area contributed by atoms with Gasteiger partial charge in [0, 0.05) is 0 Å². The molecule has 3 heteroatoms. The molecule has 0 aliphatic rings. The maximum atomic E-state index is 10.8. The molecule has 0 aromatic rings. The van der Waals surface area contributed by atoms with E-state index in [9.17, 15) is 4.79 Å². The molecule has 0 aromatic carbocycles. The van der Waals surface area contributed by atoms with E-state index in [-0.39, 0.29) is 5.97 Å². The van der Waals surface area contributed by atoms with Gasteiger partial charge >= 0.3 is 5.97 Å². The number of nitrogens with one attached hydrogen (secondary N) is 1. The van der Waals surface area contributed by atoms with Crippen molar-refractivity contribution in [2.45, 2.75) is 39.5 Å². The van der Waals surface area contributed by atoms with Crippen LogP contribution in [0.15, 0.2) is 0 Å². The topological polar surface area (TPSA) is 38.3 Å². The van der Waals surface area contributed by atoms with Crippen LogP contribution >= 0.6 is 0 Å². The fourth-order valence-corrected chi connectivity index (χ4v) is 1.08. The Kier molecular flexibility index (Phi) is 9.10. The molecule has 0 amide bonds. The highest BCUT2D eigenvalue weighted by atomic mass is 16.5. The number of hydrogen-bond acceptors (Lipinski definition) is 3. The Morgan fingerprint density at radius 3 is 2.62 bits per heavy atom. The average molecular weight is 187 g/mol. The first-order valence-corrected chi connectivity index (χ1v) is 5.17. The lowest BCUT2D eigenvalue weighted by Gasteiger charge is -2.03. The molecular weight excluding hydrogens is 166 g/mol. The van der Waals surface area contributed by atoms with Gasteiger partial charge in [-0.1, -0.05) is 26.2 Å². The summed E-state index contributed by atoms with van der Waals surface area (Å²) in [6.45, 7) is 5.74. The monoisotopic (exact) mass is 187 g/mol. The minimum absolute atomic E-state index is 0.155. The van der Waals surface area contributed by atoms with Gasteiger partial charge in [0.05, 0.1) is 13.2 Å². The van der Waals surface area contributed by atoms with Gasteiger partial charge in [-0.3, -0.25) is 4.79 Å². The van der Waals surface area contributed by atoms with Gasteiger partial charge in [-0.05, 0) is 19.9 Å². The summed E-state index contributed by atoms with van der Waals surface area (Å²) in [6, 6.07) is 0. The van der Waals surface area contributed by atoms with E-state index in [1.165, 1.54) is 19.3 Å². The van der Waals surface area contributed by atoms with Crippen LogP contribution in [0, 0.1) is 0 Å². The second kappa shape index (κ2) is 9.52. The molecule has 1 N–H and O–H groups in total. The lowest BCUT2D eigenvalue weighted by molar-refractivity contribution is -0.141.